The molecule has 3 aromatic carbocycles. The molecule has 1 N–H and O–H groups in total. The van der Waals surface area contributed by atoms with Crippen molar-refractivity contribution in [1.82, 2.24) is 5.32 Å². The molecule has 168 valence electrons. The van der Waals surface area contributed by atoms with E-state index in [-0.39, 0.29) is 5.91 Å². The summed E-state index contributed by atoms with van der Waals surface area (Å²) in [7, 11) is 0. The minimum atomic E-state index is -0.221. The number of aryl methyl sites for hydroxylation is 2. The number of amides is 1. The summed E-state index contributed by atoms with van der Waals surface area (Å²) in [6.07, 6.45) is 1.74. The lowest BCUT2D eigenvalue weighted by Gasteiger charge is -2.11. The SMILES string of the molecule is Cc1cc(N=C2NC(=O)/C(=C/c3cc(Cl)c(OCc4ccccc4)c(Cl)c3)S2)cc(C)c1Br. The first-order valence-corrected chi connectivity index (χ1v) is 12.4. The molecular weight excluding hydrogens is 543 g/mol. The third-order valence-electron chi connectivity index (χ3n) is 4.85. The maximum Gasteiger partial charge on any atom is 0.264 e. The van der Waals surface area contributed by atoms with E-state index in [1.54, 1.807) is 18.2 Å². The van der Waals surface area contributed by atoms with E-state index in [2.05, 4.69) is 26.2 Å². The van der Waals surface area contributed by atoms with Gasteiger partial charge in [0.1, 0.15) is 6.61 Å². The molecule has 1 fully saturated rings. The molecule has 4 rings (SSSR count). The number of benzene rings is 3. The van der Waals surface area contributed by atoms with Crippen LogP contribution in [0.25, 0.3) is 6.08 Å². The Morgan fingerprint density at radius 2 is 1.70 bits per heavy atom. The number of amidine groups is 1. The van der Waals surface area contributed by atoms with Crippen LogP contribution in [0.3, 0.4) is 0 Å². The molecule has 8 heteroatoms. The molecule has 0 bridgehead atoms. The molecule has 0 saturated carbocycles. The van der Waals surface area contributed by atoms with Crippen LogP contribution in [-0.2, 0) is 11.4 Å². The number of ether oxygens (including phenoxy) is 1. The first kappa shape index (κ1) is 23.9. The van der Waals surface area contributed by atoms with Crippen LogP contribution < -0.4 is 10.1 Å². The highest BCUT2D eigenvalue weighted by molar-refractivity contribution is 9.10. The molecule has 4 nitrogen and oxygen atoms in total. The summed E-state index contributed by atoms with van der Waals surface area (Å²) in [5, 5.41) is 4.09. The number of aliphatic imine (C=N–C) groups is 1. The second kappa shape index (κ2) is 10.3. The normalized spacial score (nSPS) is 15.8. The molecule has 1 saturated heterocycles. The zero-order valence-corrected chi connectivity index (χ0v) is 21.7. The zero-order valence-electron chi connectivity index (χ0n) is 17.8. The molecule has 0 spiro atoms. The highest BCUT2D eigenvalue weighted by Crippen LogP contribution is 2.37. The Morgan fingerprint density at radius 1 is 1.06 bits per heavy atom. The fourth-order valence-electron chi connectivity index (χ4n) is 3.27. The van der Waals surface area contributed by atoms with Crippen molar-refractivity contribution in [2.75, 3.05) is 0 Å². The molecule has 1 amide bonds. The summed E-state index contributed by atoms with van der Waals surface area (Å²) in [4.78, 5) is 17.6. The van der Waals surface area contributed by atoms with Crippen molar-refractivity contribution in [3.05, 3.63) is 96.3 Å². The highest BCUT2D eigenvalue weighted by Gasteiger charge is 2.24. The fraction of sp³-hybridized carbons (Fsp3) is 0.120. The predicted octanol–water partition coefficient (Wildman–Crippen LogP) is 7.84. The van der Waals surface area contributed by atoms with Gasteiger partial charge >= 0.3 is 0 Å². The molecule has 0 unspecified atom stereocenters. The van der Waals surface area contributed by atoms with Gasteiger partial charge in [0.15, 0.2) is 10.9 Å². The average Bonchev–Trinajstić information content (AvgIpc) is 3.10. The van der Waals surface area contributed by atoms with E-state index >= 15 is 0 Å². The number of carbonyl (C=O) groups excluding carboxylic acids is 1. The molecule has 0 atom stereocenters. The van der Waals surface area contributed by atoms with Crippen LogP contribution >= 0.6 is 50.9 Å². The van der Waals surface area contributed by atoms with Crippen molar-refractivity contribution < 1.29 is 9.53 Å². The second-order valence-electron chi connectivity index (χ2n) is 7.46. The van der Waals surface area contributed by atoms with Crippen LogP contribution in [0.4, 0.5) is 5.69 Å². The van der Waals surface area contributed by atoms with E-state index in [1.807, 2.05) is 56.3 Å². The minimum absolute atomic E-state index is 0.221. The van der Waals surface area contributed by atoms with E-state index < -0.39 is 0 Å². The van der Waals surface area contributed by atoms with E-state index in [1.165, 1.54) is 11.8 Å². The quantitative estimate of drug-likeness (QED) is 0.323. The number of nitrogens with zero attached hydrogens (tertiary/aromatic N) is 1. The third kappa shape index (κ3) is 5.82. The Kier molecular flexibility index (Phi) is 7.49. The lowest BCUT2D eigenvalue weighted by molar-refractivity contribution is -0.115. The molecule has 33 heavy (non-hydrogen) atoms. The largest absolute Gasteiger partial charge is 0.486 e. The van der Waals surface area contributed by atoms with Gasteiger partial charge in [-0.05, 0) is 78.2 Å². The molecule has 1 aliphatic heterocycles. The van der Waals surface area contributed by atoms with Gasteiger partial charge in [-0.3, -0.25) is 4.79 Å². The van der Waals surface area contributed by atoms with Crippen molar-refractivity contribution in [2.24, 2.45) is 4.99 Å². The summed E-state index contributed by atoms with van der Waals surface area (Å²) in [5.41, 5.74) is 4.66. The van der Waals surface area contributed by atoms with Crippen molar-refractivity contribution >= 4 is 73.7 Å². The molecule has 0 radical (unpaired) electrons. The smallest absolute Gasteiger partial charge is 0.264 e. The Balaban J connectivity index is 1.52. The summed E-state index contributed by atoms with van der Waals surface area (Å²) >= 11 is 17.7. The number of thioether (sulfide) groups is 1. The van der Waals surface area contributed by atoms with Crippen molar-refractivity contribution in [2.45, 2.75) is 20.5 Å². The highest BCUT2D eigenvalue weighted by atomic mass is 79.9. The van der Waals surface area contributed by atoms with E-state index in [9.17, 15) is 4.79 Å². The van der Waals surface area contributed by atoms with Gasteiger partial charge in [0.2, 0.25) is 0 Å². The lowest BCUT2D eigenvalue weighted by Crippen LogP contribution is -2.19. The Labute approximate surface area is 215 Å². The predicted molar refractivity (Wildman–Crippen MR) is 142 cm³/mol. The van der Waals surface area contributed by atoms with Crippen LogP contribution in [0.5, 0.6) is 5.75 Å². The standard InChI is InChI=1S/C25H19BrCl2N2O2S/c1-14-8-18(9-15(2)22(14)26)29-25-30-24(31)21(33-25)12-17-10-19(27)23(20(28)11-17)32-13-16-6-4-3-5-7-16/h3-12H,13H2,1-2H3,(H,29,30,31)/b21-12-. The first-order valence-electron chi connectivity index (χ1n) is 10.0. The van der Waals surface area contributed by atoms with Gasteiger partial charge in [-0.2, -0.15) is 0 Å². The van der Waals surface area contributed by atoms with Crippen molar-refractivity contribution in [3.8, 4) is 5.75 Å². The summed E-state index contributed by atoms with van der Waals surface area (Å²) < 4.78 is 6.87. The van der Waals surface area contributed by atoms with Crippen molar-refractivity contribution in [1.29, 1.82) is 0 Å². The van der Waals surface area contributed by atoms with E-state index in [0.717, 1.165) is 26.9 Å². The van der Waals surface area contributed by atoms with Crippen LogP contribution in [0.2, 0.25) is 10.0 Å². The van der Waals surface area contributed by atoms with Gasteiger partial charge in [-0.15, -0.1) is 0 Å². The number of halogens is 3. The molecule has 1 heterocycles. The first-order chi connectivity index (χ1) is 15.8. The molecule has 1 aliphatic rings. The average molecular weight is 562 g/mol. The topological polar surface area (TPSA) is 50.7 Å². The summed E-state index contributed by atoms with van der Waals surface area (Å²) in [6.45, 7) is 4.37. The number of hydrogen-bond donors (Lipinski definition) is 1. The van der Waals surface area contributed by atoms with Crippen LogP contribution in [0, 0.1) is 13.8 Å². The summed E-state index contributed by atoms with van der Waals surface area (Å²) in [5.74, 6) is 0.192. The van der Waals surface area contributed by atoms with Gasteiger partial charge in [0, 0.05) is 4.47 Å². The number of rotatable bonds is 5. The maximum absolute atomic E-state index is 12.5. The van der Waals surface area contributed by atoms with E-state index in [4.69, 9.17) is 27.9 Å². The maximum atomic E-state index is 12.5. The second-order valence-corrected chi connectivity index (χ2v) is 10.1. The van der Waals surface area contributed by atoms with Crippen LogP contribution in [-0.4, -0.2) is 11.1 Å². The minimum Gasteiger partial charge on any atom is -0.486 e. The molecule has 3 aromatic rings. The lowest BCUT2D eigenvalue weighted by atomic mass is 10.1. The van der Waals surface area contributed by atoms with Crippen LogP contribution in [0.1, 0.15) is 22.3 Å². The van der Waals surface area contributed by atoms with Gasteiger partial charge in [-0.25, -0.2) is 4.99 Å². The van der Waals surface area contributed by atoms with Gasteiger partial charge in [0.25, 0.3) is 5.91 Å². The molecule has 0 aliphatic carbocycles. The van der Waals surface area contributed by atoms with Gasteiger partial charge in [-0.1, -0.05) is 69.5 Å². The molecule has 0 aromatic heterocycles. The number of carbonyl (C=O) groups is 1. The third-order valence-corrected chi connectivity index (χ3v) is 7.57. The van der Waals surface area contributed by atoms with Crippen LogP contribution in [0.15, 0.2) is 69.0 Å². The van der Waals surface area contributed by atoms with Crippen molar-refractivity contribution in [3.63, 3.8) is 0 Å². The molecular formula is C25H19BrCl2N2O2S. The van der Waals surface area contributed by atoms with Gasteiger partial charge in [0.05, 0.1) is 20.6 Å². The zero-order chi connectivity index (χ0) is 23.5. The Hall–Kier alpha value is -2.25. The van der Waals surface area contributed by atoms with E-state index in [0.29, 0.717) is 38.0 Å². The fourth-order valence-corrected chi connectivity index (χ4v) is 4.95. The summed E-state index contributed by atoms with van der Waals surface area (Å²) in [6, 6.07) is 17.1. The Morgan fingerprint density at radius 3 is 2.33 bits per heavy atom. The van der Waals surface area contributed by atoms with Gasteiger partial charge < -0.3 is 10.1 Å². The number of nitrogens with one attached hydrogen (secondary N) is 1. The monoisotopic (exact) mass is 560 g/mol. The number of hydrogen-bond acceptors (Lipinski definition) is 4. The Bertz CT molecular complexity index is 1250.